The molecule has 0 unspecified atom stereocenters. The first kappa shape index (κ1) is 13.4. The fraction of sp³-hybridized carbons (Fsp3) is 0.333. The molecular weight excluding hydrogens is 236 g/mol. The van der Waals surface area contributed by atoms with Gasteiger partial charge in [-0.3, -0.25) is 9.59 Å². The average Bonchev–Trinajstić information content (AvgIpc) is 2.71. The van der Waals surface area contributed by atoms with Gasteiger partial charge in [0.25, 0.3) is 5.91 Å². The average molecular weight is 252 g/mol. The Bertz CT molecular complexity index is 424. The minimum atomic E-state index is -0.133. The highest BCUT2D eigenvalue weighted by Gasteiger charge is 2.08. The van der Waals surface area contributed by atoms with Gasteiger partial charge in [0, 0.05) is 13.5 Å². The lowest BCUT2D eigenvalue weighted by Gasteiger charge is -2.00. The third-order valence-corrected chi connectivity index (χ3v) is 2.96. The van der Waals surface area contributed by atoms with Crippen LogP contribution < -0.4 is 10.6 Å². The molecule has 0 atom stereocenters. The van der Waals surface area contributed by atoms with E-state index in [4.69, 9.17) is 0 Å². The quantitative estimate of drug-likeness (QED) is 0.624. The Hall–Kier alpha value is -1.62. The summed E-state index contributed by atoms with van der Waals surface area (Å²) in [5.74, 6) is -0.233. The third-order valence-electron chi connectivity index (χ3n) is 1.96. The molecule has 1 aromatic rings. The molecule has 1 rings (SSSR count). The van der Waals surface area contributed by atoms with Gasteiger partial charge in [0.05, 0.1) is 9.88 Å². The van der Waals surface area contributed by atoms with Gasteiger partial charge >= 0.3 is 0 Å². The van der Waals surface area contributed by atoms with E-state index in [0.29, 0.717) is 16.4 Å². The molecule has 0 bridgehead atoms. The van der Waals surface area contributed by atoms with Crippen molar-refractivity contribution >= 4 is 28.2 Å². The van der Waals surface area contributed by atoms with Crippen molar-refractivity contribution in [3.05, 3.63) is 29.2 Å². The molecule has 1 aromatic heterocycles. The summed E-state index contributed by atoms with van der Waals surface area (Å²) in [5, 5.41) is 6.14. The molecule has 0 saturated heterocycles. The Kier molecular flexibility index (Phi) is 5.42. The van der Waals surface area contributed by atoms with Crippen LogP contribution in [0.15, 0.2) is 24.3 Å². The van der Waals surface area contributed by atoms with Crippen LogP contribution in [-0.2, 0) is 4.79 Å². The van der Waals surface area contributed by atoms with Gasteiger partial charge in [-0.05, 0) is 25.5 Å². The molecule has 17 heavy (non-hydrogen) atoms. The molecule has 5 heteroatoms. The van der Waals surface area contributed by atoms with E-state index in [1.807, 2.05) is 19.1 Å². The normalized spacial score (nSPS) is 10.5. The highest BCUT2D eigenvalue weighted by molar-refractivity contribution is 7.18. The molecule has 2 N–H and O–H groups in total. The van der Waals surface area contributed by atoms with E-state index in [0.717, 1.165) is 6.42 Å². The predicted octanol–water partition coefficient (Wildman–Crippen LogP) is 2.40. The molecular formula is C12H16N2O2S. The van der Waals surface area contributed by atoms with Crippen LogP contribution in [0.25, 0.3) is 0 Å². The Morgan fingerprint density at radius 2 is 2.18 bits per heavy atom. The van der Waals surface area contributed by atoms with E-state index in [1.54, 1.807) is 12.1 Å². The maximum Gasteiger partial charge on any atom is 0.261 e. The van der Waals surface area contributed by atoms with E-state index in [9.17, 15) is 9.59 Å². The lowest BCUT2D eigenvalue weighted by atomic mass is 10.3. The van der Waals surface area contributed by atoms with E-state index < -0.39 is 0 Å². The third kappa shape index (κ3) is 4.82. The number of carbonyl (C=O) groups excluding carboxylic acids is 2. The van der Waals surface area contributed by atoms with Crippen LogP contribution in [0.2, 0.25) is 0 Å². The fourth-order valence-corrected chi connectivity index (χ4v) is 2.09. The molecule has 2 amide bonds. The zero-order valence-electron chi connectivity index (χ0n) is 9.95. The van der Waals surface area contributed by atoms with Gasteiger partial charge in [-0.15, -0.1) is 11.3 Å². The Morgan fingerprint density at radius 3 is 2.82 bits per heavy atom. The summed E-state index contributed by atoms with van der Waals surface area (Å²) in [7, 11) is 0. The van der Waals surface area contributed by atoms with Crippen molar-refractivity contribution in [2.45, 2.75) is 20.3 Å². The predicted molar refractivity (Wildman–Crippen MR) is 70.4 cm³/mol. The van der Waals surface area contributed by atoms with Crippen LogP contribution in [0, 0.1) is 0 Å². The molecule has 0 aromatic carbocycles. The Balaban J connectivity index is 2.46. The minimum absolute atomic E-state index is 0.101. The largest absolute Gasteiger partial charge is 0.351 e. The number of hydrogen-bond donors (Lipinski definition) is 2. The van der Waals surface area contributed by atoms with Crippen molar-refractivity contribution in [3.63, 3.8) is 0 Å². The number of rotatable bonds is 5. The summed E-state index contributed by atoms with van der Waals surface area (Å²) in [6, 6.07) is 3.44. The van der Waals surface area contributed by atoms with Gasteiger partial charge in [0.2, 0.25) is 5.91 Å². The first-order chi connectivity index (χ1) is 8.13. The number of thiophene rings is 1. The lowest BCUT2D eigenvalue weighted by Crippen LogP contribution is -2.23. The van der Waals surface area contributed by atoms with E-state index in [2.05, 4.69) is 10.6 Å². The minimum Gasteiger partial charge on any atom is -0.351 e. The van der Waals surface area contributed by atoms with Gasteiger partial charge in [0.15, 0.2) is 0 Å². The van der Waals surface area contributed by atoms with Crippen LogP contribution in [0.5, 0.6) is 0 Å². The van der Waals surface area contributed by atoms with E-state index in [1.165, 1.54) is 18.3 Å². The van der Waals surface area contributed by atoms with Crippen molar-refractivity contribution < 1.29 is 9.59 Å². The molecule has 0 aliphatic heterocycles. The summed E-state index contributed by atoms with van der Waals surface area (Å²) < 4.78 is 0. The number of nitrogens with one attached hydrogen (secondary N) is 2. The van der Waals surface area contributed by atoms with Crippen LogP contribution in [0.1, 0.15) is 29.9 Å². The van der Waals surface area contributed by atoms with Crippen molar-refractivity contribution in [2.75, 3.05) is 11.9 Å². The Morgan fingerprint density at radius 1 is 1.41 bits per heavy atom. The van der Waals surface area contributed by atoms with Crippen LogP contribution in [0.3, 0.4) is 0 Å². The van der Waals surface area contributed by atoms with Gasteiger partial charge < -0.3 is 10.6 Å². The smallest absolute Gasteiger partial charge is 0.261 e. The fourth-order valence-electron chi connectivity index (χ4n) is 1.22. The van der Waals surface area contributed by atoms with Crippen LogP contribution in [0.4, 0.5) is 5.00 Å². The number of amides is 2. The molecule has 1 heterocycles. The molecule has 0 spiro atoms. The molecule has 4 nitrogen and oxygen atoms in total. The van der Waals surface area contributed by atoms with Crippen molar-refractivity contribution in [1.29, 1.82) is 0 Å². The number of carbonyl (C=O) groups is 2. The molecule has 0 saturated carbocycles. The Labute approximate surface area is 105 Å². The first-order valence-corrected chi connectivity index (χ1v) is 6.22. The molecule has 0 radical (unpaired) electrons. The van der Waals surface area contributed by atoms with Crippen molar-refractivity contribution in [1.82, 2.24) is 5.32 Å². The second-order valence-corrected chi connectivity index (χ2v) is 4.54. The van der Waals surface area contributed by atoms with Crippen molar-refractivity contribution in [2.24, 2.45) is 0 Å². The SMILES string of the molecule is C/C=C/CCNC(=O)c1ccc(NC(C)=O)s1. The van der Waals surface area contributed by atoms with Crippen LogP contribution >= 0.6 is 11.3 Å². The second kappa shape index (κ2) is 6.85. The summed E-state index contributed by atoms with van der Waals surface area (Å²) in [6.45, 7) is 4.01. The number of hydrogen-bond acceptors (Lipinski definition) is 3. The number of allylic oxidation sites excluding steroid dienone is 1. The lowest BCUT2D eigenvalue weighted by molar-refractivity contribution is -0.114. The first-order valence-electron chi connectivity index (χ1n) is 5.40. The monoisotopic (exact) mass is 252 g/mol. The topological polar surface area (TPSA) is 58.2 Å². The molecule has 0 aliphatic rings. The summed E-state index contributed by atoms with van der Waals surface area (Å²) in [5.41, 5.74) is 0. The van der Waals surface area contributed by atoms with Crippen LogP contribution in [-0.4, -0.2) is 18.4 Å². The van der Waals surface area contributed by atoms with Gasteiger partial charge in [0.1, 0.15) is 0 Å². The van der Waals surface area contributed by atoms with Gasteiger partial charge in [-0.2, -0.15) is 0 Å². The van der Waals surface area contributed by atoms with Gasteiger partial charge in [-0.25, -0.2) is 0 Å². The highest BCUT2D eigenvalue weighted by atomic mass is 32.1. The second-order valence-electron chi connectivity index (χ2n) is 3.46. The standard InChI is InChI=1S/C12H16N2O2S/c1-3-4-5-8-13-12(16)10-6-7-11(17-10)14-9(2)15/h3-4,6-7H,5,8H2,1-2H3,(H,13,16)(H,14,15)/b4-3+. The summed E-state index contributed by atoms with van der Waals surface area (Å²) in [4.78, 5) is 23.1. The summed E-state index contributed by atoms with van der Waals surface area (Å²) >= 11 is 1.27. The zero-order valence-corrected chi connectivity index (χ0v) is 10.8. The molecule has 92 valence electrons. The van der Waals surface area contributed by atoms with E-state index in [-0.39, 0.29) is 11.8 Å². The van der Waals surface area contributed by atoms with E-state index >= 15 is 0 Å². The summed E-state index contributed by atoms with van der Waals surface area (Å²) in [6.07, 6.45) is 4.77. The number of anilines is 1. The maximum absolute atomic E-state index is 11.7. The van der Waals surface area contributed by atoms with Gasteiger partial charge in [-0.1, -0.05) is 12.2 Å². The molecule has 0 aliphatic carbocycles. The van der Waals surface area contributed by atoms with Crippen molar-refractivity contribution in [3.8, 4) is 0 Å². The zero-order chi connectivity index (χ0) is 12.7. The highest BCUT2D eigenvalue weighted by Crippen LogP contribution is 2.21. The maximum atomic E-state index is 11.7. The molecule has 0 fully saturated rings.